The highest BCUT2D eigenvalue weighted by Crippen LogP contribution is 2.28. The number of allylic oxidation sites excluding steroid dienone is 1. The second-order valence-electron chi connectivity index (χ2n) is 4.92. The van der Waals surface area contributed by atoms with Crippen LogP contribution in [-0.4, -0.2) is 51.3 Å². The van der Waals surface area contributed by atoms with E-state index in [4.69, 9.17) is 9.47 Å². The van der Waals surface area contributed by atoms with E-state index >= 15 is 0 Å². The summed E-state index contributed by atoms with van der Waals surface area (Å²) in [7, 11) is 1.68. The molecule has 0 amide bonds. The van der Waals surface area contributed by atoms with Crippen LogP contribution in [0.2, 0.25) is 0 Å². The molecule has 1 aliphatic heterocycles. The van der Waals surface area contributed by atoms with Gasteiger partial charge in [-0.25, -0.2) is 0 Å². The van der Waals surface area contributed by atoms with Gasteiger partial charge in [-0.2, -0.15) is 0 Å². The second-order valence-corrected chi connectivity index (χ2v) is 4.92. The van der Waals surface area contributed by atoms with E-state index in [1.165, 1.54) is 5.56 Å². The van der Waals surface area contributed by atoms with Crippen LogP contribution in [0.3, 0.4) is 0 Å². The largest absolute Gasteiger partial charge is 0.493 e. The summed E-state index contributed by atoms with van der Waals surface area (Å²) in [5.74, 6) is 1.61. The lowest BCUT2D eigenvalue weighted by atomic mass is 10.1. The molecule has 1 aromatic rings. The van der Waals surface area contributed by atoms with Crippen molar-refractivity contribution in [3.05, 3.63) is 36.4 Å². The first-order valence-electron chi connectivity index (χ1n) is 7.17. The molecule has 0 atom stereocenters. The molecular weight excluding hydrogens is 288 g/mol. The monoisotopic (exact) mass is 312 g/mol. The van der Waals surface area contributed by atoms with E-state index < -0.39 is 0 Å². The van der Waals surface area contributed by atoms with Gasteiger partial charge >= 0.3 is 0 Å². The van der Waals surface area contributed by atoms with Crippen LogP contribution >= 0.6 is 12.4 Å². The quantitative estimate of drug-likeness (QED) is 0.782. The van der Waals surface area contributed by atoms with E-state index in [0.717, 1.165) is 50.6 Å². The van der Waals surface area contributed by atoms with E-state index in [9.17, 15) is 0 Å². The van der Waals surface area contributed by atoms with Gasteiger partial charge < -0.3 is 14.8 Å². The van der Waals surface area contributed by atoms with Crippen LogP contribution in [0.15, 0.2) is 30.9 Å². The van der Waals surface area contributed by atoms with Gasteiger partial charge in [0.2, 0.25) is 0 Å². The lowest BCUT2D eigenvalue weighted by Gasteiger charge is -2.27. The molecule has 5 heteroatoms. The minimum absolute atomic E-state index is 0. The minimum atomic E-state index is 0. The van der Waals surface area contributed by atoms with E-state index in [0.29, 0.717) is 6.61 Å². The van der Waals surface area contributed by atoms with Crippen molar-refractivity contribution in [1.29, 1.82) is 0 Å². The summed E-state index contributed by atoms with van der Waals surface area (Å²) in [5, 5.41) is 3.35. The molecule has 1 aromatic carbocycles. The molecule has 0 spiro atoms. The average Bonchev–Trinajstić information content (AvgIpc) is 2.50. The van der Waals surface area contributed by atoms with Crippen LogP contribution in [0.4, 0.5) is 0 Å². The van der Waals surface area contributed by atoms with E-state index in [2.05, 4.69) is 22.9 Å². The van der Waals surface area contributed by atoms with Gasteiger partial charge in [0.05, 0.1) is 7.11 Å². The molecule has 0 aromatic heterocycles. The third kappa shape index (κ3) is 5.58. The van der Waals surface area contributed by atoms with Crippen molar-refractivity contribution in [2.45, 2.75) is 6.42 Å². The smallest absolute Gasteiger partial charge is 0.161 e. The molecule has 0 radical (unpaired) electrons. The minimum Gasteiger partial charge on any atom is -0.493 e. The zero-order valence-electron chi connectivity index (χ0n) is 12.6. The van der Waals surface area contributed by atoms with Crippen LogP contribution in [0.1, 0.15) is 5.56 Å². The lowest BCUT2D eigenvalue weighted by Crippen LogP contribution is -2.44. The zero-order chi connectivity index (χ0) is 14.2. The Balaban J connectivity index is 0.00000220. The second kappa shape index (κ2) is 9.66. The fraction of sp³-hybridized carbons (Fsp3) is 0.500. The fourth-order valence-corrected chi connectivity index (χ4v) is 2.34. The maximum Gasteiger partial charge on any atom is 0.161 e. The van der Waals surface area contributed by atoms with Crippen molar-refractivity contribution in [3.8, 4) is 11.5 Å². The zero-order valence-corrected chi connectivity index (χ0v) is 13.5. The van der Waals surface area contributed by atoms with E-state index in [-0.39, 0.29) is 12.4 Å². The van der Waals surface area contributed by atoms with Crippen LogP contribution in [0.25, 0.3) is 0 Å². The molecule has 1 saturated heterocycles. The Morgan fingerprint density at radius 2 is 2.05 bits per heavy atom. The first-order valence-corrected chi connectivity index (χ1v) is 7.17. The predicted molar refractivity (Wildman–Crippen MR) is 88.9 cm³/mol. The number of benzene rings is 1. The number of methoxy groups -OCH3 is 1. The third-order valence-electron chi connectivity index (χ3n) is 3.48. The summed E-state index contributed by atoms with van der Waals surface area (Å²) in [6, 6.07) is 6.06. The standard InChI is InChI=1S/C16H24N2O2.ClH/c1-3-4-14-5-6-15(16(13-14)19-2)20-12-11-18-9-7-17-8-10-18;/h3,5-6,13,17H,1,4,7-12H2,2H3;1H. The molecule has 21 heavy (non-hydrogen) atoms. The highest BCUT2D eigenvalue weighted by molar-refractivity contribution is 5.85. The predicted octanol–water partition coefficient (Wildman–Crippen LogP) is 2.13. The molecule has 0 unspecified atom stereocenters. The Morgan fingerprint density at radius 1 is 1.29 bits per heavy atom. The number of nitrogens with zero attached hydrogens (tertiary/aromatic N) is 1. The number of hydrogen-bond acceptors (Lipinski definition) is 4. The van der Waals surface area contributed by atoms with Gasteiger partial charge in [-0.05, 0) is 24.1 Å². The van der Waals surface area contributed by atoms with Crippen LogP contribution in [0.5, 0.6) is 11.5 Å². The van der Waals surface area contributed by atoms with Crippen molar-refractivity contribution in [2.24, 2.45) is 0 Å². The summed E-state index contributed by atoms with van der Waals surface area (Å²) in [6.45, 7) is 9.73. The number of halogens is 1. The Morgan fingerprint density at radius 3 is 2.71 bits per heavy atom. The van der Waals surface area contributed by atoms with Gasteiger partial charge in [-0.1, -0.05) is 12.1 Å². The lowest BCUT2D eigenvalue weighted by molar-refractivity contribution is 0.188. The molecule has 1 aliphatic rings. The summed E-state index contributed by atoms with van der Waals surface area (Å²) >= 11 is 0. The molecule has 2 rings (SSSR count). The summed E-state index contributed by atoms with van der Waals surface area (Å²) in [4.78, 5) is 2.41. The first kappa shape index (κ1) is 17.8. The Hall–Kier alpha value is -1.23. The number of hydrogen-bond donors (Lipinski definition) is 1. The third-order valence-corrected chi connectivity index (χ3v) is 3.48. The number of nitrogens with one attached hydrogen (secondary N) is 1. The van der Waals surface area contributed by atoms with Crippen LogP contribution < -0.4 is 14.8 Å². The van der Waals surface area contributed by atoms with Gasteiger partial charge in [0.25, 0.3) is 0 Å². The van der Waals surface area contributed by atoms with Crippen molar-refractivity contribution in [3.63, 3.8) is 0 Å². The van der Waals surface area contributed by atoms with Gasteiger partial charge in [0.1, 0.15) is 6.61 Å². The van der Waals surface area contributed by atoms with Crippen LogP contribution in [0, 0.1) is 0 Å². The fourth-order valence-electron chi connectivity index (χ4n) is 2.34. The Labute approximate surface area is 133 Å². The molecule has 118 valence electrons. The summed E-state index contributed by atoms with van der Waals surface area (Å²) < 4.78 is 11.2. The highest BCUT2D eigenvalue weighted by Gasteiger charge is 2.10. The molecule has 0 saturated carbocycles. The van der Waals surface area contributed by atoms with E-state index in [1.54, 1.807) is 7.11 Å². The molecule has 1 N–H and O–H groups in total. The number of rotatable bonds is 7. The molecule has 0 aliphatic carbocycles. The van der Waals surface area contributed by atoms with Gasteiger partial charge in [0.15, 0.2) is 11.5 Å². The molecule has 1 fully saturated rings. The number of piperazine rings is 1. The summed E-state index contributed by atoms with van der Waals surface area (Å²) in [5.41, 5.74) is 1.19. The van der Waals surface area contributed by atoms with Gasteiger partial charge in [-0.15, -0.1) is 19.0 Å². The Kier molecular flexibility index (Phi) is 8.20. The van der Waals surface area contributed by atoms with Gasteiger partial charge in [-0.3, -0.25) is 4.90 Å². The molecular formula is C16H25ClN2O2. The van der Waals surface area contributed by atoms with Gasteiger partial charge in [0, 0.05) is 32.7 Å². The maximum absolute atomic E-state index is 5.85. The van der Waals surface area contributed by atoms with Crippen molar-refractivity contribution >= 4 is 12.4 Å². The topological polar surface area (TPSA) is 33.7 Å². The van der Waals surface area contributed by atoms with Crippen molar-refractivity contribution < 1.29 is 9.47 Å². The molecule has 1 heterocycles. The molecule has 0 bridgehead atoms. The SMILES string of the molecule is C=CCc1ccc(OCCN2CCNCC2)c(OC)c1.Cl. The van der Waals surface area contributed by atoms with E-state index in [1.807, 2.05) is 18.2 Å². The first-order chi connectivity index (χ1) is 9.83. The summed E-state index contributed by atoms with van der Waals surface area (Å²) in [6.07, 6.45) is 2.73. The Bertz CT molecular complexity index is 434. The average molecular weight is 313 g/mol. The molecule has 4 nitrogen and oxygen atoms in total. The van der Waals surface area contributed by atoms with Crippen molar-refractivity contribution in [1.82, 2.24) is 10.2 Å². The maximum atomic E-state index is 5.85. The highest BCUT2D eigenvalue weighted by atomic mass is 35.5. The normalized spacial score (nSPS) is 15.1. The van der Waals surface area contributed by atoms with Crippen LogP contribution in [-0.2, 0) is 6.42 Å². The van der Waals surface area contributed by atoms with Crippen molar-refractivity contribution in [2.75, 3.05) is 46.4 Å². The number of ether oxygens (including phenoxy) is 2.